The van der Waals surface area contributed by atoms with Gasteiger partial charge in [0.15, 0.2) is 21.2 Å². The molecular weight excluding hydrogens is 356 g/mol. The molecule has 1 aromatic heterocycles. The Balaban J connectivity index is 1.99. The van der Waals surface area contributed by atoms with E-state index >= 15 is 0 Å². The Hall–Kier alpha value is -3.10. The lowest BCUT2D eigenvalue weighted by molar-refractivity contribution is -0.135. The zero-order chi connectivity index (χ0) is 18.7. The second kappa shape index (κ2) is 7.42. The highest BCUT2D eigenvalue weighted by Gasteiger charge is 2.20. The van der Waals surface area contributed by atoms with Gasteiger partial charge in [-0.3, -0.25) is 9.59 Å². The number of benzene rings is 2. The third kappa shape index (κ3) is 3.61. The van der Waals surface area contributed by atoms with Gasteiger partial charge in [-0.05, 0) is 24.3 Å². The first kappa shape index (κ1) is 17.7. The number of pyridine rings is 1. The molecule has 0 radical (unpaired) electrons. The van der Waals surface area contributed by atoms with Gasteiger partial charge in [0.2, 0.25) is 0 Å². The summed E-state index contributed by atoms with van der Waals surface area (Å²) in [6, 6.07) is 13.7. The van der Waals surface area contributed by atoms with Crippen LogP contribution in [0.5, 0.6) is 5.75 Å². The highest BCUT2D eigenvalue weighted by atomic mass is 32.2. The Morgan fingerprint density at radius 1 is 1.12 bits per heavy atom. The van der Waals surface area contributed by atoms with E-state index in [0.29, 0.717) is 20.6 Å². The Bertz CT molecular complexity index is 978. The minimum absolute atomic E-state index is 0.290. The molecule has 0 fully saturated rings. The molecule has 1 unspecified atom stereocenters. The van der Waals surface area contributed by atoms with Crippen molar-refractivity contribution in [2.24, 2.45) is 0 Å². The maximum Gasteiger partial charge on any atom is 0.322 e. The smallest absolute Gasteiger partial charge is 0.322 e. The van der Waals surface area contributed by atoms with Crippen LogP contribution in [0.3, 0.4) is 0 Å². The average Bonchev–Trinajstić information content (AvgIpc) is 2.66. The molecule has 0 saturated heterocycles. The molecule has 1 heterocycles. The van der Waals surface area contributed by atoms with Gasteiger partial charge in [-0.15, -0.1) is 0 Å². The van der Waals surface area contributed by atoms with Crippen LogP contribution in [0.4, 0.5) is 0 Å². The van der Waals surface area contributed by atoms with E-state index in [1.807, 2.05) is 6.07 Å². The number of fused-ring (bicyclic) bond motifs is 1. The number of carbonyl (C=O) groups excluding carboxylic acids is 1. The highest BCUT2D eigenvalue weighted by molar-refractivity contribution is 7.91. The van der Waals surface area contributed by atoms with Crippen molar-refractivity contribution < 1.29 is 24.4 Å². The van der Waals surface area contributed by atoms with E-state index in [0.717, 1.165) is 0 Å². The fraction of sp³-hybridized carbons (Fsp3) is 0.0556. The zero-order valence-electron chi connectivity index (χ0n) is 13.4. The van der Waals surface area contributed by atoms with Crippen LogP contribution in [0.2, 0.25) is 0 Å². The second-order valence-electron chi connectivity index (χ2n) is 5.36. The Kier molecular flexibility index (Phi) is 5.06. The van der Waals surface area contributed by atoms with E-state index in [1.165, 1.54) is 12.3 Å². The normalized spacial score (nSPS) is 11.9. The van der Waals surface area contributed by atoms with Crippen LogP contribution in [0, 0.1) is 0 Å². The van der Waals surface area contributed by atoms with Gasteiger partial charge in [0.05, 0.1) is 0 Å². The lowest BCUT2D eigenvalue weighted by Crippen LogP contribution is -2.29. The van der Waals surface area contributed by atoms with Gasteiger partial charge in [0.25, 0.3) is 5.91 Å². The van der Waals surface area contributed by atoms with Crippen LogP contribution in [-0.2, 0) is 16.0 Å². The van der Waals surface area contributed by atoms with Crippen LogP contribution in [0.1, 0.15) is 10.5 Å². The number of hydrogen-bond acceptors (Lipinski definition) is 5. The summed E-state index contributed by atoms with van der Waals surface area (Å²) in [7, 11) is 0. The number of amides is 1. The fourth-order valence-corrected chi connectivity index (χ4v) is 3.47. The summed E-state index contributed by atoms with van der Waals surface area (Å²) in [5.74, 6) is -2.40. The van der Waals surface area contributed by atoms with Crippen molar-refractivity contribution in [2.45, 2.75) is 9.79 Å². The van der Waals surface area contributed by atoms with E-state index in [1.54, 1.807) is 36.4 Å². The first-order valence-electron chi connectivity index (χ1n) is 7.56. The third-order valence-electron chi connectivity index (χ3n) is 3.62. The van der Waals surface area contributed by atoms with Gasteiger partial charge < -0.3 is 20.1 Å². The van der Waals surface area contributed by atoms with Crippen LogP contribution in [0.25, 0.3) is 10.8 Å². The zero-order valence-corrected chi connectivity index (χ0v) is 14.2. The van der Waals surface area contributed by atoms with Crippen molar-refractivity contribution in [3.8, 4) is 5.75 Å². The highest BCUT2D eigenvalue weighted by Crippen LogP contribution is 2.31. The molecule has 26 heavy (non-hydrogen) atoms. The molecule has 0 bridgehead atoms. The number of hydrogen-bond donors (Lipinski definition) is 3. The first-order valence-corrected chi connectivity index (χ1v) is 8.71. The Morgan fingerprint density at radius 2 is 1.85 bits per heavy atom. The van der Waals surface area contributed by atoms with Crippen molar-refractivity contribution in [1.29, 1.82) is 0 Å². The minimum atomic E-state index is -1.45. The quantitative estimate of drug-likeness (QED) is 0.590. The number of nitrogens with one attached hydrogen (secondary N) is 1. The van der Waals surface area contributed by atoms with Crippen molar-refractivity contribution in [2.75, 3.05) is 6.54 Å². The summed E-state index contributed by atoms with van der Waals surface area (Å²) < 4.78 is 12.7. The number of aliphatic carboxylic acids is 1. The maximum absolute atomic E-state index is 12.7. The number of rotatable bonds is 5. The summed E-state index contributed by atoms with van der Waals surface area (Å²) in [5.41, 5.74) is -0.290. The topological polar surface area (TPSA) is 123 Å². The van der Waals surface area contributed by atoms with Gasteiger partial charge in [0, 0.05) is 34.2 Å². The summed E-state index contributed by atoms with van der Waals surface area (Å²) in [6.07, 6.45) is 1.39. The van der Waals surface area contributed by atoms with E-state index in [4.69, 9.17) is 5.11 Å². The third-order valence-corrected chi connectivity index (χ3v) is 5.01. The lowest BCUT2D eigenvalue weighted by atomic mass is 10.1. The number of aromatic hydroxyl groups is 1. The van der Waals surface area contributed by atoms with Crippen LogP contribution in [-0.4, -0.2) is 38.2 Å². The summed E-state index contributed by atoms with van der Waals surface area (Å²) >= 11 is -1.45. The maximum atomic E-state index is 12.7. The first-order chi connectivity index (χ1) is 12.5. The summed E-state index contributed by atoms with van der Waals surface area (Å²) in [6.45, 7) is -0.587. The van der Waals surface area contributed by atoms with Gasteiger partial charge in [0.1, 0.15) is 6.54 Å². The largest absolute Gasteiger partial charge is 0.606 e. The lowest BCUT2D eigenvalue weighted by Gasteiger charge is -2.12. The molecule has 3 N–H and O–H groups in total. The van der Waals surface area contributed by atoms with Crippen molar-refractivity contribution in [3.05, 3.63) is 60.4 Å². The SMILES string of the molecule is O=C(O)CNC(=O)c1ncc2ccc([S+]([O-])c3ccccc3)cc2c1O. The van der Waals surface area contributed by atoms with E-state index in [2.05, 4.69) is 10.3 Å². The molecule has 7 nitrogen and oxygen atoms in total. The van der Waals surface area contributed by atoms with Gasteiger partial charge >= 0.3 is 5.97 Å². The van der Waals surface area contributed by atoms with E-state index < -0.39 is 35.3 Å². The molecule has 0 saturated carbocycles. The molecule has 0 aliphatic heterocycles. The molecular formula is C18H14N2O5S. The monoisotopic (exact) mass is 370 g/mol. The molecule has 3 aromatic rings. The van der Waals surface area contributed by atoms with Gasteiger partial charge in [-0.25, -0.2) is 4.98 Å². The van der Waals surface area contributed by atoms with Crippen molar-refractivity contribution in [1.82, 2.24) is 10.3 Å². The number of nitrogens with zero attached hydrogens (tertiary/aromatic N) is 1. The average molecular weight is 370 g/mol. The Labute approximate surface area is 151 Å². The molecule has 3 rings (SSSR count). The van der Waals surface area contributed by atoms with E-state index in [-0.39, 0.29) is 5.69 Å². The number of carboxylic acid groups (broad SMARTS) is 1. The molecule has 1 atom stereocenters. The van der Waals surface area contributed by atoms with Crippen LogP contribution >= 0.6 is 0 Å². The van der Waals surface area contributed by atoms with Crippen molar-refractivity contribution >= 4 is 33.8 Å². The molecule has 2 aromatic carbocycles. The summed E-state index contributed by atoms with van der Waals surface area (Å²) in [5, 5.41) is 22.0. The number of carbonyl (C=O) groups is 2. The number of carboxylic acids is 1. The molecule has 0 aliphatic carbocycles. The van der Waals surface area contributed by atoms with Crippen LogP contribution in [0.15, 0.2) is 64.5 Å². The molecule has 1 amide bonds. The minimum Gasteiger partial charge on any atom is -0.606 e. The number of aromatic nitrogens is 1. The molecule has 132 valence electrons. The molecule has 8 heteroatoms. The predicted molar refractivity (Wildman–Crippen MR) is 94.5 cm³/mol. The fourth-order valence-electron chi connectivity index (χ4n) is 2.38. The van der Waals surface area contributed by atoms with E-state index in [9.17, 15) is 19.2 Å². The summed E-state index contributed by atoms with van der Waals surface area (Å²) in [4.78, 5) is 27.5. The molecule has 0 spiro atoms. The van der Waals surface area contributed by atoms with Crippen LogP contribution < -0.4 is 5.32 Å². The Morgan fingerprint density at radius 3 is 2.54 bits per heavy atom. The van der Waals surface area contributed by atoms with Gasteiger partial charge in [-0.1, -0.05) is 18.2 Å². The second-order valence-corrected chi connectivity index (χ2v) is 6.84. The van der Waals surface area contributed by atoms with Gasteiger partial charge in [-0.2, -0.15) is 0 Å². The van der Waals surface area contributed by atoms with Crippen molar-refractivity contribution in [3.63, 3.8) is 0 Å². The standard InChI is InChI=1S/C18H14N2O5S/c21-15(22)10-20-18(24)16-17(23)14-8-13(7-6-11(14)9-19-16)26(25)12-4-2-1-3-5-12/h1-9,23H,10H2,(H,20,24)(H,21,22). The molecule has 0 aliphatic rings. The predicted octanol–water partition coefficient (Wildman–Crippen LogP) is 1.92.